The Morgan fingerprint density at radius 1 is 1.00 bits per heavy atom. The lowest BCUT2D eigenvalue weighted by molar-refractivity contribution is -0.118. The summed E-state index contributed by atoms with van der Waals surface area (Å²) in [5.41, 5.74) is -0.325. The molecule has 7 heteroatoms. The maximum absolute atomic E-state index is 14.0. The fourth-order valence-electron chi connectivity index (χ4n) is 2.71. The van der Waals surface area contributed by atoms with E-state index in [0.29, 0.717) is 23.9 Å². The van der Waals surface area contributed by atoms with Gasteiger partial charge in [0.05, 0.1) is 16.8 Å². The molecule has 1 aliphatic carbocycles. The molecule has 2 N–H and O–H groups in total. The molecular weight excluding hydrogens is 350 g/mol. The summed E-state index contributed by atoms with van der Waals surface area (Å²) in [6.45, 7) is 1.21. The zero-order chi connectivity index (χ0) is 18.2. The number of amides is 2. The highest BCUT2D eigenvalue weighted by atomic mass is 35.5. The highest BCUT2D eigenvalue weighted by Crippen LogP contribution is 2.49. The lowest BCUT2D eigenvalue weighted by Gasteiger charge is -2.17. The van der Waals surface area contributed by atoms with Gasteiger partial charge in [-0.3, -0.25) is 9.59 Å². The summed E-state index contributed by atoms with van der Waals surface area (Å²) in [7, 11) is 0. The first-order chi connectivity index (χ1) is 11.8. The number of benzene rings is 2. The molecule has 2 aromatic carbocycles. The van der Waals surface area contributed by atoms with E-state index in [4.69, 9.17) is 11.6 Å². The summed E-state index contributed by atoms with van der Waals surface area (Å²) in [6.07, 6.45) is 1.25. The lowest BCUT2D eigenvalue weighted by atomic mass is 9.95. The van der Waals surface area contributed by atoms with Crippen LogP contribution in [0.1, 0.15) is 25.3 Å². The van der Waals surface area contributed by atoms with Gasteiger partial charge in [-0.15, -0.1) is 0 Å². The first-order valence-electron chi connectivity index (χ1n) is 7.66. The monoisotopic (exact) mass is 364 g/mol. The van der Waals surface area contributed by atoms with E-state index >= 15 is 0 Å². The van der Waals surface area contributed by atoms with Crippen LogP contribution < -0.4 is 10.6 Å². The van der Waals surface area contributed by atoms with Gasteiger partial charge in [0.1, 0.15) is 11.6 Å². The number of carbonyl (C=O) groups excluding carboxylic acids is 2. The third kappa shape index (κ3) is 3.49. The standard InChI is InChI=1S/C18H15ClF2N2O2/c1-10(24)22-15-9-16(14(21)8-13(15)20)23-17(25)18(6-7-18)11-2-4-12(19)5-3-11/h2-5,8-9H,6-7H2,1H3,(H,22,24)(H,23,25). The molecule has 25 heavy (non-hydrogen) atoms. The zero-order valence-corrected chi connectivity index (χ0v) is 14.1. The number of rotatable bonds is 4. The Morgan fingerprint density at radius 3 is 2.08 bits per heavy atom. The second kappa shape index (κ2) is 6.44. The van der Waals surface area contributed by atoms with Gasteiger partial charge in [0.15, 0.2) is 0 Å². The molecule has 0 spiro atoms. The van der Waals surface area contributed by atoms with Crippen LogP contribution in [0.2, 0.25) is 5.02 Å². The minimum atomic E-state index is -0.912. The van der Waals surface area contributed by atoms with Crippen molar-refractivity contribution in [3.63, 3.8) is 0 Å². The van der Waals surface area contributed by atoms with E-state index in [1.165, 1.54) is 6.92 Å². The highest BCUT2D eigenvalue weighted by molar-refractivity contribution is 6.30. The fraction of sp³-hybridized carbons (Fsp3) is 0.222. The first kappa shape index (κ1) is 17.4. The zero-order valence-electron chi connectivity index (χ0n) is 13.3. The van der Waals surface area contributed by atoms with Crippen molar-refractivity contribution in [3.05, 3.63) is 58.6 Å². The van der Waals surface area contributed by atoms with Crippen molar-refractivity contribution in [2.75, 3.05) is 10.6 Å². The molecule has 0 atom stereocenters. The lowest BCUT2D eigenvalue weighted by Crippen LogP contribution is -2.28. The third-order valence-corrected chi connectivity index (χ3v) is 4.45. The van der Waals surface area contributed by atoms with Crippen LogP contribution in [0.3, 0.4) is 0 Å². The number of nitrogens with one attached hydrogen (secondary N) is 2. The minimum Gasteiger partial charge on any atom is -0.324 e. The molecule has 3 rings (SSSR count). The molecule has 2 aromatic rings. The second-order valence-electron chi connectivity index (χ2n) is 6.04. The molecule has 1 aliphatic rings. The summed E-state index contributed by atoms with van der Waals surface area (Å²) in [5, 5.41) is 5.32. The van der Waals surface area contributed by atoms with Crippen molar-refractivity contribution < 1.29 is 18.4 Å². The highest BCUT2D eigenvalue weighted by Gasteiger charge is 2.51. The molecule has 0 heterocycles. The van der Waals surface area contributed by atoms with E-state index in [1.807, 2.05) is 0 Å². The van der Waals surface area contributed by atoms with Crippen LogP contribution in [0.5, 0.6) is 0 Å². The molecule has 0 unspecified atom stereocenters. The van der Waals surface area contributed by atoms with Crippen LogP contribution in [-0.2, 0) is 15.0 Å². The average molecular weight is 365 g/mol. The molecule has 0 saturated heterocycles. The van der Waals surface area contributed by atoms with E-state index in [9.17, 15) is 18.4 Å². The third-order valence-electron chi connectivity index (χ3n) is 4.20. The van der Waals surface area contributed by atoms with Crippen molar-refractivity contribution in [2.24, 2.45) is 0 Å². The van der Waals surface area contributed by atoms with Gasteiger partial charge in [0.2, 0.25) is 11.8 Å². The van der Waals surface area contributed by atoms with Gasteiger partial charge in [-0.2, -0.15) is 0 Å². The molecule has 4 nitrogen and oxygen atoms in total. The molecular formula is C18H15ClF2N2O2. The predicted octanol–water partition coefficient (Wildman–Crippen LogP) is 4.25. The van der Waals surface area contributed by atoms with Crippen LogP contribution in [0.4, 0.5) is 20.2 Å². The normalized spacial score (nSPS) is 14.7. The van der Waals surface area contributed by atoms with Gasteiger partial charge in [-0.1, -0.05) is 23.7 Å². The maximum Gasteiger partial charge on any atom is 0.235 e. The van der Waals surface area contributed by atoms with Gasteiger partial charge >= 0.3 is 0 Å². The van der Waals surface area contributed by atoms with Crippen LogP contribution in [-0.4, -0.2) is 11.8 Å². The molecule has 0 aromatic heterocycles. The number of anilines is 2. The number of halogens is 3. The van der Waals surface area contributed by atoms with Crippen molar-refractivity contribution >= 4 is 34.8 Å². The summed E-state index contributed by atoms with van der Waals surface area (Å²) >= 11 is 5.87. The summed E-state index contributed by atoms with van der Waals surface area (Å²) in [5.74, 6) is -2.70. The molecule has 130 valence electrons. The maximum atomic E-state index is 14.0. The van der Waals surface area contributed by atoms with Crippen LogP contribution in [0.25, 0.3) is 0 Å². The van der Waals surface area contributed by atoms with E-state index in [0.717, 1.165) is 11.6 Å². The predicted molar refractivity (Wildman–Crippen MR) is 91.7 cm³/mol. The summed E-state index contributed by atoms with van der Waals surface area (Å²) in [4.78, 5) is 23.8. The van der Waals surface area contributed by atoms with Crippen LogP contribution in [0.15, 0.2) is 36.4 Å². The molecule has 2 amide bonds. The van der Waals surface area contributed by atoms with E-state index in [-0.39, 0.29) is 17.3 Å². The average Bonchev–Trinajstić information content (AvgIpc) is 3.34. The Labute approximate surface area is 148 Å². The second-order valence-corrected chi connectivity index (χ2v) is 6.47. The summed E-state index contributed by atoms with van der Waals surface area (Å²) < 4.78 is 27.7. The SMILES string of the molecule is CC(=O)Nc1cc(NC(=O)C2(c3ccc(Cl)cc3)CC2)c(F)cc1F. The number of carbonyl (C=O) groups is 2. The minimum absolute atomic E-state index is 0.185. The van der Waals surface area contributed by atoms with Crippen molar-refractivity contribution in [1.82, 2.24) is 0 Å². The largest absolute Gasteiger partial charge is 0.324 e. The molecule has 1 saturated carbocycles. The molecule has 0 bridgehead atoms. The van der Waals surface area contributed by atoms with Gasteiger partial charge in [0, 0.05) is 18.0 Å². The number of hydrogen-bond acceptors (Lipinski definition) is 2. The van der Waals surface area contributed by atoms with Gasteiger partial charge in [0.25, 0.3) is 0 Å². The van der Waals surface area contributed by atoms with Crippen LogP contribution >= 0.6 is 11.6 Å². The van der Waals surface area contributed by atoms with Crippen molar-refractivity contribution in [2.45, 2.75) is 25.2 Å². The van der Waals surface area contributed by atoms with E-state index in [1.54, 1.807) is 24.3 Å². The Hall–Kier alpha value is -2.47. The number of hydrogen-bond donors (Lipinski definition) is 2. The Kier molecular flexibility index (Phi) is 4.47. The van der Waals surface area contributed by atoms with Gasteiger partial charge in [-0.05, 0) is 36.6 Å². The van der Waals surface area contributed by atoms with E-state index in [2.05, 4.69) is 10.6 Å². The summed E-state index contributed by atoms with van der Waals surface area (Å²) in [6, 6.07) is 8.61. The smallest absolute Gasteiger partial charge is 0.235 e. The van der Waals surface area contributed by atoms with Crippen LogP contribution in [0, 0.1) is 11.6 Å². The van der Waals surface area contributed by atoms with E-state index < -0.39 is 23.0 Å². The molecule has 0 radical (unpaired) electrons. The quantitative estimate of drug-likeness (QED) is 0.852. The van der Waals surface area contributed by atoms with Gasteiger partial charge in [-0.25, -0.2) is 8.78 Å². The molecule has 0 aliphatic heterocycles. The Morgan fingerprint density at radius 2 is 1.56 bits per heavy atom. The van der Waals surface area contributed by atoms with Crippen molar-refractivity contribution in [3.8, 4) is 0 Å². The topological polar surface area (TPSA) is 58.2 Å². The van der Waals surface area contributed by atoms with Crippen molar-refractivity contribution in [1.29, 1.82) is 0 Å². The molecule has 1 fully saturated rings. The van der Waals surface area contributed by atoms with Gasteiger partial charge < -0.3 is 10.6 Å². The fourth-order valence-corrected chi connectivity index (χ4v) is 2.84. The Bertz CT molecular complexity index is 849. The first-order valence-corrected chi connectivity index (χ1v) is 8.04. The Balaban J connectivity index is 1.85.